The number of rotatable bonds is 8. The zero-order valence-electron chi connectivity index (χ0n) is 13.2. The first-order valence-corrected chi connectivity index (χ1v) is 7.76. The van der Waals surface area contributed by atoms with Gasteiger partial charge >= 0.3 is 0 Å². The fraction of sp³-hybridized carbons (Fsp3) is 0.500. The van der Waals surface area contributed by atoms with Crippen molar-refractivity contribution in [1.29, 1.82) is 0 Å². The first-order chi connectivity index (χ1) is 11.8. The summed E-state index contributed by atoms with van der Waals surface area (Å²) >= 11 is 5.52. The van der Waals surface area contributed by atoms with Gasteiger partial charge in [-0.05, 0) is 19.4 Å². The minimum absolute atomic E-state index is 0.277. The summed E-state index contributed by atoms with van der Waals surface area (Å²) < 4.78 is 53.7. The maximum Gasteiger partial charge on any atom is 0.283 e. The van der Waals surface area contributed by atoms with Crippen LogP contribution in [0.4, 0.5) is 17.6 Å². The van der Waals surface area contributed by atoms with E-state index in [9.17, 15) is 22.4 Å². The molecule has 2 heterocycles. The zero-order chi connectivity index (χ0) is 18.6. The summed E-state index contributed by atoms with van der Waals surface area (Å²) in [4.78, 5) is 11.8. The standard InChI is InChI=1S/C14H16ClF4N5O/c1-8-3-5-21-23(8)6-2-4-20-9(25)7-24-12(14(18)19)10(15)11(22-24)13(16)17/h3,5,13-14H,2,4,6-7H2,1H3,(H,20,25). The molecule has 0 aliphatic heterocycles. The number of carbonyl (C=O) groups is 1. The van der Waals surface area contributed by atoms with Crippen molar-refractivity contribution in [3.63, 3.8) is 0 Å². The third-order valence-corrected chi connectivity index (χ3v) is 3.85. The van der Waals surface area contributed by atoms with Crippen LogP contribution in [-0.4, -0.2) is 32.0 Å². The van der Waals surface area contributed by atoms with Crippen molar-refractivity contribution in [2.45, 2.75) is 39.3 Å². The van der Waals surface area contributed by atoms with Crippen LogP contribution in [0, 0.1) is 6.92 Å². The van der Waals surface area contributed by atoms with Gasteiger partial charge in [0.15, 0.2) is 0 Å². The predicted molar refractivity (Wildman–Crippen MR) is 81.7 cm³/mol. The summed E-state index contributed by atoms with van der Waals surface area (Å²) in [7, 11) is 0. The molecular weight excluding hydrogens is 366 g/mol. The van der Waals surface area contributed by atoms with Crippen LogP contribution in [0.15, 0.2) is 12.3 Å². The summed E-state index contributed by atoms with van der Waals surface area (Å²) in [6, 6.07) is 1.84. The van der Waals surface area contributed by atoms with Gasteiger partial charge in [0.2, 0.25) is 5.91 Å². The molecule has 2 aromatic heterocycles. The molecule has 25 heavy (non-hydrogen) atoms. The maximum atomic E-state index is 13.0. The van der Waals surface area contributed by atoms with Crippen molar-refractivity contribution >= 4 is 17.5 Å². The Hall–Kier alpha value is -2.10. The number of hydrogen-bond donors (Lipinski definition) is 1. The van der Waals surface area contributed by atoms with Crippen molar-refractivity contribution in [3.8, 4) is 0 Å². The first-order valence-electron chi connectivity index (χ1n) is 7.38. The lowest BCUT2D eigenvalue weighted by Crippen LogP contribution is -2.30. The molecule has 0 bridgehead atoms. The fourth-order valence-electron chi connectivity index (χ4n) is 2.22. The van der Waals surface area contributed by atoms with E-state index in [4.69, 9.17) is 11.6 Å². The molecule has 0 aliphatic rings. The van der Waals surface area contributed by atoms with E-state index in [1.54, 1.807) is 10.9 Å². The van der Waals surface area contributed by atoms with E-state index in [1.165, 1.54) is 0 Å². The number of nitrogens with zero attached hydrogens (tertiary/aromatic N) is 4. The van der Waals surface area contributed by atoms with E-state index in [0.29, 0.717) is 17.6 Å². The summed E-state index contributed by atoms with van der Waals surface area (Å²) in [5.74, 6) is -0.626. The van der Waals surface area contributed by atoms with Crippen molar-refractivity contribution in [2.24, 2.45) is 0 Å². The molecule has 2 aromatic rings. The Morgan fingerprint density at radius 1 is 1.28 bits per heavy atom. The number of aryl methyl sites for hydroxylation is 2. The van der Waals surface area contributed by atoms with Crippen LogP contribution < -0.4 is 5.32 Å². The van der Waals surface area contributed by atoms with Crippen LogP contribution in [0.5, 0.6) is 0 Å². The highest BCUT2D eigenvalue weighted by Crippen LogP contribution is 2.34. The van der Waals surface area contributed by atoms with Gasteiger partial charge in [-0.15, -0.1) is 0 Å². The van der Waals surface area contributed by atoms with Gasteiger partial charge < -0.3 is 5.32 Å². The van der Waals surface area contributed by atoms with Crippen LogP contribution in [-0.2, 0) is 17.9 Å². The fourth-order valence-corrected chi connectivity index (χ4v) is 2.52. The van der Waals surface area contributed by atoms with E-state index in [0.717, 1.165) is 5.69 Å². The third-order valence-electron chi connectivity index (χ3n) is 3.46. The molecule has 0 radical (unpaired) electrons. The van der Waals surface area contributed by atoms with Gasteiger partial charge in [-0.25, -0.2) is 17.6 Å². The van der Waals surface area contributed by atoms with E-state index in [-0.39, 0.29) is 6.54 Å². The molecule has 0 aliphatic carbocycles. The first kappa shape index (κ1) is 19.2. The van der Waals surface area contributed by atoms with Crippen molar-refractivity contribution in [2.75, 3.05) is 6.54 Å². The van der Waals surface area contributed by atoms with Gasteiger partial charge in [0, 0.05) is 25.0 Å². The highest BCUT2D eigenvalue weighted by Gasteiger charge is 2.28. The zero-order valence-corrected chi connectivity index (χ0v) is 14.0. The Bertz CT molecular complexity index is 731. The topological polar surface area (TPSA) is 64.7 Å². The average molecular weight is 382 g/mol. The van der Waals surface area contributed by atoms with Crippen LogP contribution in [0.25, 0.3) is 0 Å². The molecule has 0 spiro atoms. The predicted octanol–water partition coefficient (Wildman–Crippen LogP) is 3.12. The summed E-state index contributed by atoms with van der Waals surface area (Å²) in [6.45, 7) is 2.12. The smallest absolute Gasteiger partial charge is 0.283 e. The molecule has 1 amide bonds. The monoisotopic (exact) mass is 381 g/mol. The quantitative estimate of drug-likeness (QED) is 0.564. The molecule has 0 aromatic carbocycles. The Kier molecular flexibility index (Phi) is 6.40. The minimum Gasteiger partial charge on any atom is -0.354 e. The normalized spacial score (nSPS) is 11.5. The molecule has 0 unspecified atom stereocenters. The molecule has 138 valence electrons. The summed E-state index contributed by atoms with van der Waals surface area (Å²) in [5.41, 5.74) is -0.878. The lowest BCUT2D eigenvalue weighted by Gasteiger charge is -2.09. The highest BCUT2D eigenvalue weighted by atomic mass is 35.5. The van der Waals surface area contributed by atoms with Crippen LogP contribution in [0.1, 0.15) is 36.4 Å². The van der Waals surface area contributed by atoms with Gasteiger partial charge in [0.1, 0.15) is 17.9 Å². The van der Waals surface area contributed by atoms with Gasteiger partial charge in [-0.2, -0.15) is 10.2 Å². The van der Waals surface area contributed by atoms with E-state index >= 15 is 0 Å². The highest BCUT2D eigenvalue weighted by molar-refractivity contribution is 6.32. The second-order valence-corrected chi connectivity index (χ2v) is 5.62. The van der Waals surface area contributed by atoms with E-state index in [2.05, 4.69) is 15.5 Å². The van der Waals surface area contributed by atoms with Gasteiger partial charge in [-0.3, -0.25) is 14.2 Å². The Morgan fingerprint density at radius 3 is 2.56 bits per heavy atom. The van der Waals surface area contributed by atoms with E-state index in [1.807, 2.05) is 13.0 Å². The second kappa shape index (κ2) is 8.32. The van der Waals surface area contributed by atoms with E-state index < -0.39 is 41.7 Å². The maximum absolute atomic E-state index is 13.0. The number of alkyl halides is 4. The summed E-state index contributed by atoms with van der Waals surface area (Å²) in [5, 5.41) is 9.12. The average Bonchev–Trinajstić information content (AvgIpc) is 3.07. The second-order valence-electron chi connectivity index (χ2n) is 5.24. The number of amides is 1. The van der Waals surface area contributed by atoms with Crippen LogP contribution >= 0.6 is 11.6 Å². The van der Waals surface area contributed by atoms with Gasteiger partial charge in [0.25, 0.3) is 12.9 Å². The van der Waals surface area contributed by atoms with Crippen LogP contribution in [0.3, 0.4) is 0 Å². The molecule has 0 saturated heterocycles. The number of aromatic nitrogens is 4. The molecule has 1 N–H and O–H groups in total. The number of halogens is 5. The Balaban J connectivity index is 1.91. The number of hydrogen-bond acceptors (Lipinski definition) is 3. The van der Waals surface area contributed by atoms with Crippen molar-refractivity contribution in [3.05, 3.63) is 34.4 Å². The van der Waals surface area contributed by atoms with Crippen LogP contribution in [0.2, 0.25) is 5.02 Å². The van der Waals surface area contributed by atoms with Crippen molar-refractivity contribution < 1.29 is 22.4 Å². The lowest BCUT2D eigenvalue weighted by atomic mass is 10.3. The molecule has 0 saturated carbocycles. The number of carbonyl (C=O) groups excluding carboxylic acids is 1. The molecule has 11 heteroatoms. The third kappa shape index (κ3) is 4.71. The molecule has 6 nitrogen and oxygen atoms in total. The lowest BCUT2D eigenvalue weighted by molar-refractivity contribution is -0.121. The Morgan fingerprint density at radius 2 is 2.00 bits per heavy atom. The molecule has 0 atom stereocenters. The largest absolute Gasteiger partial charge is 0.354 e. The molecular formula is C14H16ClF4N5O. The SMILES string of the molecule is Cc1ccnn1CCCNC(=O)Cn1nc(C(F)F)c(Cl)c1C(F)F. The van der Waals surface area contributed by atoms with Gasteiger partial charge in [0.05, 0.1) is 5.02 Å². The van der Waals surface area contributed by atoms with Gasteiger partial charge in [-0.1, -0.05) is 11.6 Å². The molecule has 2 rings (SSSR count). The Labute approximate surface area is 145 Å². The minimum atomic E-state index is -3.12. The summed E-state index contributed by atoms with van der Waals surface area (Å²) in [6.07, 6.45) is -4.00. The molecule has 0 fully saturated rings. The van der Waals surface area contributed by atoms with Crippen molar-refractivity contribution in [1.82, 2.24) is 24.9 Å². The number of nitrogens with one attached hydrogen (secondary N) is 1.